The Kier molecular flexibility index (Phi) is 4.58. The van der Waals surface area contributed by atoms with Gasteiger partial charge in [-0.2, -0.15) is 5.10 Å². The predicted molar refractivity (Wildman–Crippen MR) is 82.3 cm³/mol. The quantitative estimate of drug-likeness (QED) is 0.685. The van der Waals surface area contributed by atoms with Crippen molar-refractivity contribution in [2.24, 2.45) is 0 Å². The summed E-state index contributed by atoms with van der Waals surface area (Å²) in [6.07, 6.45) is -6.08. The second-order valence-electron chi connectivity index (χ2n) is 4.97. The summed E-state index contributed by atoms with van der Waals surface area (Å²) in [5.41, 5.74) is -1.69. The van der Waals surface area contributed by atoms with Crippen molar-refractivity contribution >= 4 is 28.8 Å². The molecule has 3 rings (SSSR count). The van der Waals surface area contributed by atoms with Crippen LogP contribution in [0.4, 0.5) is 23.2 Å². The fourth-order valence-electron chi connectivity index (χ4n) is 2.12. The average molecular weight is 373 g/mol. The minimum Gasteiger partial charge on any atom is -0.321 e. The normalized spacial score (nSPS) is 11.5. The van der Waals surface area contributed by atoms with Crippen LogP contribution in [0.3, 0.4) is 0 Å². The monoisotopic (exact) mass is 372 g/mol. The van der Waals surface area contributed by atoms with Crippen molar-refractivity contribution in [3.05, 3.63) is 58.5 Å². The number of rotatable bonds is 4. The Morgan fingerprint density at radius 1 is 1.08 bits per heavy atom. The van der Waals surface area contributed by atoms with E-state index in [1.54, 1.807) is 12.1 Å². The highest BCUT2D eigenvalue weighted by Gasteiger charge is 2.22. The molecule has 0 spiro atoms. The van der Waals surface area contributed by atoms with E-state index in [1.807, 2.05) is 0 Å². The smallest absolute Gasteiger partial charge is 0.280 e. The molecule has 130 valence electrons. The van der Waals surface area contributed by atoms with E-state index in [4.69, 9.17) is 11.6 Å². The number of halogens is 5. The zero-order chi connectivity index (χ0) is 18.1. The Hall–Kier alpha value is -2.68. The molecule has 25 heavy (non-hydrogen) atoms. The van der Waals surface area contributed by atoms with Crippen molar-refractivity contribution in [3.8, 4) is 0 Å². The van der Waals surface area contributed by atoms with E-state index >= 15 is 0 Å². The molecule has 0 bridgehead atoms. The van der Waals surface area contributed by atoms with Gasteiger partial charge in [0.05, 0.1) is 0 Å². The zero-order valence-electron chi connectivity index (χ0n) is 12.3. The molecule has 0 unspecified atom stereocenters. The van der Waals surface area contributed by atoms with E-state index in [9.17, 15) is 22.4 Å². The number of nitrogens with zero attached hydrogens (tertiary/aromatic N) is 3. The summed E-state index contributed by atoms with van der Waals surface area (Å²) in [6, 6.07) is 7.79. The van der Waals surface area contributed by atoms with Crippen molar-refractivity contribution in [1.82, 2.24) is 14.6 Å². The van der Waals surface area contributed by atoms with Crippen LogP contribution in [0.15, 0.2) is 36.4 Å². The highest BCUT2D eigenvalue weighted by atomic mass is 35.5. The van der Waals surface area contributed by atoms with Crippen LogP contribution in [0.25, 0.3) is 5.65 Å². The van der Waals surface area contributed by atoms with Crippen LogP contribution in [-0.4, -0.2) is 20.5 Å². The fourth-order valence-corrected chi connectivity index (χ4v) is 2.25. The summed E-state index contributed by atoms with van der Waals surface area (Å²) >= 11 is 5.74. The Morgan fingerprint density at radius 2 is 1.76 bits per heavy atom. The highest BCUT2D eigenvalue weighted by Crippen LogP contribution is 2.25. The number of benzene rings is 1. The molecule has 1 amide bonds. The van der Waals surface area contributed by atoms with Crippen LogP contribution < -0.4 is 5.32 Å². The van der Waals surface area contributed by atoms with Gasteiger partial charge in [-0.15, -0.1) is 0 Å². The van der Waals surface area contributed by atoms with E-state index in [0.29, 0.717) is 21.3 Å². The molecule has 10 heteroatoms. The summed E-state index contributed by atoms with van der Waals surface area (Å²) in [4.78, 5) is 15.7. The van der Waals surface area contributed by atoms with Crippen LogP contribution in [0, 0.1) is 0 Å². The van der Waals surface area contributed by atoms with E-state index in [2.05, 4.69) is 15.4 Å². The molecule has 0 saturated carbocycles. The predicted octanol–water partition coefficient (Wildman–Crippen LogP) is 4.51. The largest absolute Gasteiger partial charge is 0.321 e. The number of hydrogen-bond acceptors (Lipinski definition) is 3. The number of alkyl halides is 4. The lowest BCUT2D eigenvalue weighted by Crippen LogP contribution is -2.13. The van der Waals surface area contributed by atoms with Crippen molar-refractivity contribution in [1.29, 1.82) is 0 Å². The number of carbonyl (C=O) groups is 1. The van der Waals surface area contributed by atoms with Crippen LogP contribution in [0.2, 0.25) is 5.02 Å². The molecule has 5 nitrogen and oxygen atoms in total. The lowest BCUT2D eigenvalue weighted by atomic mass is 10.3. The zero-order valence-corrected chi connectivity index (χ0v) is 13.0. The highest BCUT2D eigenvalue weighted by molar-refractivity contribution is 6.30. The van der Waals surface area contributed by atoms with E-state index in [0.717, 1.165) is 6.07 Å². The molecule has 3 aromatic rings. The second-order valence-corrected chi connectivity index (χ2v) is 5.40. The number of nitrogens with one attached hydrogen (secondary N) is 1. The molecule has 0 atom stereocenters. The molecule has 0 radical (unpaired) electrons. The molecule has 0 aliphatic carbocycles. The molecule has 0 aliphatic heterocycles. The van der Waals surface area contributed by atoms with E-state index < -0.39 is 30.1 Å². The van der Waals surface area contributed by atoms with Crippen LogP contribution in [0.1, 0.15) is 34.7 Å². The number of fused-ring (bicyclic) bond motifs is 1. The van der Waals surface area contributed by atoms with Crippen molar-refractivity contribution < 1.29 is 22.4 Å². The topological polar surface area (TPSA) is 59.3 Å². The molecule has 1 N–H and O–H groups in total. The first-order chi connectivity index (χ1) is 11.8. The van der Waals surface area contributed by atoms with Gasteiger partial charge in [0.25, 0.3) is 18.8 Å². The average Bonchev–Trinajstić information content (AvgIpc) is 2.99. The molecular weight excluding hydrogens is 364 g/mol. The van der Waals surface area contributed by atoms with Crippen LogP contribution >= 0.6 is 11.6 Å². The van der Waals surface area contributed by atoms with Crippen molar-refractivity contribution in [2.75, 3.05) is 5.32 Å². The summed E-state index contributed by atoms with van der Waals surface area (Å²) in [7, 11) is 0. The maximum absolute atomic E-state index is 13.1. The van der Waals surface area contributed by atoms with Gasteiger partial charge in [0.2, 0.25) is 0 Å². The minimum atomic E-state index is -3.06. The van der Waals surface area contributed by atoms with Crippen molar-refractivity contribution in [2.45, 2.75) is 12.9 Å². The third-order valence-corrected chi connectivity index (χ3v) is 3.51. The first-order valence-electron chi connectivity index (χ1n) is 6.89. The SMILES string of the molecule is O=C(Nc1ccc(Cl)cc1)c1cc2nc(C(F)F)cc(C(F)F)n2n1. The Balaban J connectivity index is 1.98. The molecule has 2 aromatic heterocycles. The maximum Gasteiger partial charge on any atom is 0.280 e. The summed E-state index contributed by atoms with van der Waals surface area (Å²) in [5.74, 6) is -0.702. The van der Waals surface area contributed by atoms with Gasteiger partial charge in [-0.05, 0) is 30.3 Å². The number of aromatic nitrogens is 3. The molecular formula is C15H9ClF4N4O. The first kappa shape index (κ1) is 17.2. The lowest BCUT2D eigenvalue weighted by molar-refractivity contribution is 0.102. The molecule has 0 aliphatic rings. The van der Waals surface area contributed by atoms with Gasteiger partial charge in [-0.3, -0.25) is 4.79 Å². The van der Waals surface area contributed by atoms with Crippen LogP contribution in [-0.2, 0) is 0 Å². The Labute approximate surface area is 143 Å². The molecule has 0 saturated heterocycles. The van der Waals surface area contributed by atoms with Gasteiger partial charge in [-0.25, -0.2) is 27.1 Å². The Bertz CT molecular complexity index is 927. The summed E-state index contributed by atoms with van der Waals surface area (Å²) < 4.78 is 52.4. The second kappa shape index (κ2) is 6.67. The Morgan fingerprint density at radius 3 is 2.36 bits per heavy atom. The number of hydrogen-bond donors (Lipinski definition) is 1. The maximum atomic E-state index is 13.1. The molecule has 2 heterocycles. The van der Waals surface area contributed by atoms with Gasteiger partial charge in [0, 0.05) is 16.8 Å². The van der Waals surface area contributed by atoms with Gasteiger partial charge in [0.15, 0.2) is 11.3 Å². The standard InChI is InChI=1S/C15H9ClF4N4O/c16-7-1-3-8(4-2-7)21-15(25)10-6-12-22-9(13(17)18)5-11(14(19)20)24(12)23-10/h1-6,13-14H,(H,21,25). The van der Waals surface area contributed by atoms with Crippen LogP contribution in [0.5, 0.6) is 0 Å². The number of carbonyl (C=O) groups excluding carboxylic acids is 1. The minimum absolute atomic E-state index is 0.240. The van der Waals surface area contributed by atoms with Gasteiger partial charge in [0.1, 0.15) is 11.4 Å². The molecule has 0 fully saturated rings. The number of anilines is 1. The number of amides is 1. The van der Waals surface area contributed by atoms with Gasteiger partial charge < -0.3 is 5.32 Å². The van der Waals surface area contributed by atoms with Gasteiger partial charge >= 0.3 is 0 Å². The van der Waals surface area contributed by atoms with Gasteiger partial charge in [-0.1, -0.05) is 11.6 Å². The van der Waals surface area contributed by atoms with E-state index in [1.165, 1.54) is 12.1 Å². The third-order valence-electron chi connectivity index (χ3n) is 3.26. The fraction of sp³-hybridized carbons (Fsp3) is 0.133. The lowest BCUT2D eigenvalue weighted by Gasteiger charge is -2.06. The van der Waals surface area contributed by atoms with E-state index in [-0.39, 0.29) is 11.3 Å². The summed E-state index contributed by atoms with van der Waals surface area (Å²) in [6.45, 7) is 0. The first-order valence-corrected chi connectivity index (χ1v) is 7.27. The molecule has 1 aromatic carbocycles. The summed E-state index contributed by atoms with van der Waals surface area (Å²) in [5, 5.41) is 6.70. The third kappa shape index (κ3) is 3.55. The van der Waals surface area contributed by atoms with Crippen molar-refractivity contribution in [3.63, 3.8) is 0 Å².